The molecule has 0 spiro atoms. The second-order valence-corrected chi connectivity index (χ2v) is 4.09. The number of carbonyl (C=O) groups excluding carboxylic acids is 1. The molecule has 0 aliphatic carbocycles. The Bertz CT molecular complexity index is 365. The molecule has 1 atom stereocenters. The van der Waals surface area contributed by atoms with Crippen molar-refractivity contribution in [3.8, 4) is 0 Å². The second-order valence-electron chi connectivity index (χ2n) is 3.78. The fourth-order valence-electron chi connectivity index (χ4n) is 1.75. The summed E-state index contributed by atoms with van der Waals surface area (Å²) in [7, 11) is 1.70. The number of nitrogens with zero attached hydrogens (tertiary/aromatic N) is 4. The number of amides is 1. The first-order valence-electron chi connectivity index (χ1n) is 4.92. The molecule has 1 unspecified atom stereocenters. The zero-order chi connectivity index (χ0) is 10.8. The highest BCUT2D eigenvalue weighted by Gasteiger charge is 2.27. The molecule has 2 rings (SSSR count). The number of aryl methyl sites for hydroxylation is 1. The highest BCUT2D eigenvalue weighted by atomic mass is 35.5. The Kier molecular flexibility index (Phi) is 2.90. The minimum atomic E-state index is -0.0456. The summed E-state index contributed by atoms with van der Waals surface area (Å²) in [5.74, 6) is 0.993. The Morgan fingerprint density at radius 2 is 2.53 bits per heavy atom. The van der Waals surface area contributed by atoms with Crippen LogP contribution in [0, 0.1) is 5.92 Å². The summed E-state index contributed by atoms with van der Waals surface area (Å²) in [6.45, 7) is 1.51. The average Bonchev–Trinajstić information content (AvgIpc) is 2.84. The van der Waals surface area contributed by atoms with Crippen molar-refractivity contribution >= 4 is 17.5 Å². The molecule has 0 radical (unpaired) electrons. The van der Waals surface area contributed by atoms with E-state index >= 15 is 0 Å². The van der Waals surface area contributed by atoms with Gasteiger partial charge in [-0.3, -0.25) is 4.79 Å². The maximum atomic E-state index is 11.9. The number of halogens is 1. The van der Waals surface area contributed by atoms with Crippen molar-refractivity contribution in [2.45, 2.75) is 6.42 Å². The van der Waals surface area contributed by atoms with Gasteiger partial charge < -0.3 is 4.90 Å². The summed E-state index contributed by atoms with van der Waals surface area (Å²) < 4.78 is 0. The Morgan fingerprint density at radius 1 is 1.73 bits per heavy atom. The first-order valence-corrected chi connectivity index (χ1v) is 5.45. The summed E-state index contributed by atoms with van der Waals surface area (Å²) in [4.78, 5) is 15.1. The fourth-order valence-corrected chi connectivity index (χ4v) is 2.00. The van der Waals surface area contributed by atoms with E-state index in [1.54, 1.807) is 11.9 Å². The molecule has 1 aliphatic rings. The number of alkyl halides is 1. The zero-order valence-electron chi connectivity index (χ0n) is 8.56. The molecule has 0 aromatic carbocycles. The van der Waals surface area contributed by atoms with Crippen molar-refractivity contribution in [3.05, 3.63) is 11.9 Å². The molecule has 1 saturated heterocycles. The van der Waals surface area contributed by atoms with Gasteiger partial charge in [-0.15, -0.1) is 16.7 Å². The summed E-state index contributed by atoms with van der Waals surface area (Å²) >= 11 is 5.76. The minimum Gasteiger partial charge on any atom is -0.337 e. The van der Waals surface area contributed by atoms with E-state index in [0.717, 1.165) is 19.5 Å². The second kappa shape index (κ2) is 4.18. The van der Waals surface area contributed by atoms with Crippen LogP contribution >= 0.6 is 11.6 Å². The highest BCUT2D eigenvalue weighted by Crippen LogP contribution is 2.18. The smallest absolute Gasteiger partial charge is 0.276 e. The summed E-state index contributed by atoms with van der Waals surface area (Å²) in [5, 5.41) is 7.87. The average molecular weight is 229 g/mol. The predicted octanol–water partition coefficient (Wildman–Crippen LogP) is 0.516. The van der Waals surface area contributed by atoms with E-state index in [0.29, 0.717) is 17.5 Å². The molecule has 1 aromatic rings. The molecule has 0 N–H and O–H groups in total. The molecule has 0 bridgehead atoms. The van der Waals surface area contributed by atoms with Crippen molar-refractivity contribution < 1.29 is 4.79 Å². The van der Waals surface area contributed by atoms with Crippen LogP contribution in [0.5, 0.6) is 0 Å². The molecule has 0 saturated carbocycles. The molecule has 15 heavy (non-hydrogen) atoms. The van der Waals surface area contributed by atoms with Gasteiger partial charge in [0.2, 0.25) is 0 Å². The van der Waals surface area contributed by atoms with Crippen LogP contribution in [0.25, 0.3) is 0 Å². The third kappa shape index (κ3) is 2.12. The molecule has 5 nitrogen and oxygen atoms in total. The SMILES string of the molecule is Cn1ncc(C(=O)N2CCC(CCl)C2)n1. The van der Waals surface area contributed by atoms with E-state index in [2.05, 4.69) is 10.2 Å². The van der Waals surface area contributed by atoms with E-state index in [1.165, 1.54) is 11.0 Å². The predicted molar refractivity (Wildman–Crippen MR) is 55.7 cm³/mol. The van der Waals surface area contributed by atoms with Gasteiger partial charge in [-0.05, 0) is 12.3 Å². The summed E-state index contributed by atoms with van der Waals surface area (Å²) in [5.41, 5.74) is 0.410. The number of hydrogen-bond acceptors (Lipinski definition) is 3. The third-order valence-electron chi connectivity index (χ3n) is 2.61. The highest BCUT2D eigenvalue weighted by molar-refractivity contribution is 6.18. The third-order valence-corrected chi connectivity index (χ3v) is 3.05. The van der Waals surface area contributed by atoms with Crippen LogP contribution in [0.4, 0.5) is 0 Å². The van der Waals surface area contributed by atoms with Crippen LogP contribution in [0.15, 0.2) is 6.20 Å². The van der Waals surface area contributed by atoms with E-state index in [-0.39, 0.29) is 5.91 Å². The van der Waals surface area contributed by atoms with Crippen LogP contribution in [0.3, 0.4) is 0 Å². The van der Waals surface area contributed by atoms with Gasteiger partial charge in [0.15, 0.2) is 5.69 Å². The lowest BCUT2D eigenvalue weighted by molar-refractivity contribution is 0.0781. The van der Waals surface area contributed by atoms with E-state index in [9.17, 15) is 4.79 Å². The van der Waals surface area contributed by atoms with Crippen molar-refractivity contribution in [3.63, 3.8) is 0 Å². The van der Waals surface area contributed by atoms with Gasteiger partial charge in [-0.1, -0.05) is 0 Å². The van der Waals surface area contributed by atoms with Crippen LogP contribution in [-0.2, 0) is 7.05 Å². The molecule has 6 heteroatoms. The molecular weight excluding hydrogens is 216 g/mol. The molecule has 82 valence electrons. The molecule has 1 aliphatic heterocycles. The maximum absolute atomic E-state index is 11.9. The van der Waals surface area contributed by atoms with Crippen molar-refractivity contribution in [1.29, 1.82) is 0 Å². The number of hydrogen-bond donors (Lipinski definition) is 0. The van der Waals surface area contributed by atoms with Gasteiger partial charge in [0, 0.05) is 26.0 Å². The Balaban J connectivity index is 2.03. The fraction of sp³-hybridized carbons (Fsp3) is 0.667. The standard InChI is InChI=1S/C9H13ClN4O/c1-13-11-5-8(12-13)9(15)14-3-2-7(4-10)6-14/h5,7H,2-4,6H2,1H3. The zero-order valence-corrected chi connectivity index (χ0v) is 9.31. The van der Waals surface area contributed by atoms with Crippen molar-refractivity contribution in [1.82, 2.24) is 19.9 Å². The molecular formula is C9H13ClN4O. The molecule has 1 fully saturated rings. The van der Waals surface area contributed by atoms with Gasteiger partial charge in [0.05, 0.1) is 6.20 Å². The monoisotopic (exact) mass is 228 g/mol. The lowest BCUT2D eigenvalue weighted by Gasteiger charge is -2.13. The normalized spacial score (nSPS) is 20.9. The Hall–Kier alpha value is -1.10. The summed E-state index contributed by atoms with van der Waals surface area (Å²) in [6, 6.07) is 0. The van der Waals surface area contributed by atoms with Crippen LogP contribution in [-0.4, -0.2) is 44.8 Å². The minimum absolute atomic E-state index is 0.0456. The van der Waals surface area contributed by atoms with Gasteiger partial charge >= 0.3 is 0 Å². The van der Waals surface area contributed by atoms with Crippen LogP contribution in [0.1, 0.15) is 16.9 Å². The van der Waals surface area contributed by atoms with Crippen molar-refractivity contribution in [2.75, 3.05) is 19.0 Å². The van der Waals surface area contributed by atoms with E-state index in [4.69, 9.17) is 11.6 Å². The lowest BCUT2D eigenvalue weighted by Crippen LogP contribution is -2.29. The van der Waals surface area contributed by atoms with Crippen LogP contribution in [0.2, 0.25) is 0 Å². The summed E-state index contributed by atoms with van der Waals surface area (Å²) in [6.07, 6.45) is 2.48. The van der Waals surface area contributed by atoms with Gasteiger partial charge in [-0.25, -0.2) is 0 Å². The quantitative estimate of drug-likeness (QED) is 0.694. The molecule has 1 aromatic heterocycles. The first kappa shape index (κ1) is 10.4. The van der Waals surface area contributed by atoms with Gasteiger partial charge in [-0.2, -0.15) is 9.90 Å². The number of aromatic nitrogens is 3. The van der Waals surface area contributed by atoms with Crippen LogP contribution < -0.4 is 0 Å². The lowest BCUT2D eigenvalue weighted by atomic mass is 10.2. The van der Waals surface area contributed by atoms with Crippen molar-refractivity contribution in [2.24, 2.45) is 13.0 Å². The number of rotatable bonds is 2. The molecule has 2 heterocycles. The Labute approximate surface area is 93.0 Å². The number of likely N-dealkylation sites (tertiary alicyclic amines) is 1. The maximum Gasteiger partial charge on any atom is 0.276 e. The molecule has 1 amide bonds. The van der Waals surface area contributed by atoms with Gasteiger partial charge in [0.25, 0.3) is 5.91 Å². The van der Waals surface area contributed by atoms with Gasteiger partial charge in [0.1, 0.15) is 0 Å². The Morgan fingerprint density at radius 3 is 3.07 bits per heavy atom. The largest absolute Gasteiger partial charge is 0.337 e. The number of carbonyl (C=O) groups is 1. The van der Waals surface area contributed by atoms with E-state index in [1.807, 2.05) is 0 Å². The topological polar surface area (TPSA) is 51.0 Å². The first-order chi connectivity index (χ1) is 7.20. The van der Waals surface area contributed by atoms with E-state index < -0.39 is 0 Å².